The number of imidazole rings is 1. The standard InChI is InChI=1S/C24H18FN5.C2H6/c1-15-4-10-18(11-5-15)30-23(19-3-2-14-27-22(19)26)29-21-13-12-20(28-24(21)30)16-6-8-17(25)9-7-16;1-2/h2-14H,1H3,(H2,26,27);1-2H3. The summed E-state index contributed by atoms with van der Waals surface area (Å²) in [6, 6.07) is 22.0. The van der Waals surface area contributed by atoms with E-state index in [0.29, 0.717) is 17.3 Å². The predicted octanol–water partition coefficient (Wildman–Crippen LogP) is 6.21. The summed E-state index contributed by atoms with van der Waals surface area (Å²) in [4.78, 5) is 13.9. The van der Waals surface area contributed by atoms with Gasteiger partial charge in [0.2, 0.25) is 0 Å². The Morgan fingerprint density at radius 1 is 0.844 bits per heavy atom. The molecule has 0 radical (unpaired) electrons. The fourth-order valence-electron chi connectivity index (χ4n) is 3.46. The average molecular weight is 426 g/mol. The van der Waals surface area contributed by atoms with Crippen molar-refractivity contribution in [1.29, 1.82) is 0 Å². The Morgan fingerprint density at radius 3 is 2.25 bits per heavy atom. The molecule has 0 aliphatic carbocycles. The van der Waals surface area contributed by atoms with Gasteiger partial charge in [-0.05, 0) is 67.6 Å². The van der Waals surface area contributed by atoms with Crippen LogP contribution < -0.4 is 5.73 Å². The highest BCUT2D eigenvalue weighted by Gasteiger charge is 2.18. The lowest BCUT2D eigenvalue weighted by atomic mass is 10.1. The van der Waals surface area contributed by atoms with Crippen LogP contribution in [0, 0.1) is 12.7 Å². The van der Waals surface area contributed by atoms with Crippen molar-refractivity contribution in [2.75, 3.05) is 5.73 Å². The quantitative estimate of drug-likeness (QED) is 0.373. The number of anilines is 1. The lowest BCUT2D eigenvalue weighted by Gasteiger charge is -2.11. The number of nitrogens with two attached hydrogens (primary N) is 1. The zero-order valence-corrected chi connectivity index (χ0v) is 18.2. The first-order valence-corrected chi connectivity index (χ1v) is 10.5. The topological polar surface area (TPSA) is 69.6 Å². The maximum atomic E-state index is 13.4. The van der Waals surface area contributed by atoms with E-state index in [9.17, 15) is 4.39 Å². The Labute approximate surface area is 186 Å². The number of hydrogen-bond donors (Lipinski definition) is 1. The number of fused-ring (bicyclic) bond motifs is 1. The van der Waals surface area contributed by atoms with Crippen molar-refractivity contribution in [3.8, 4) is 28.3 Å². The van der Waals surface area contributed by atoms with Gasteiger partial charge in [0.05, 0.1) is 11.3 Å². The van der Waals surface area contributed by atoms with Gasteiger partial charge in [0.25, 0.3) is 0 Å². The minimum atomic E-state index is -0.279. The fraction of sp³-hybridized carbons (Fsp3) is 0.115. The summed E-state index contributed by atoms with van der Waals surface area (Å²) in [6.07, 6.45) is 1.66. The zero-order chi connectivity index (χ0) is 22.7. The third kappa shape index (κ3) is 3.95. The van der Waals surface area contributed by atoms with Crippen LogP contribution in [0.5, 0.6) is 0 Å². The van der Waals surface area contributed by atoms with E-state index in [1.54, 1.807) is 18.3 Å². The number of nitrogens with zero attached hydrogens (tertiary/aromatic N) is 4. The summed E-state index contributed by atoms with van der Waals surface area (Å²) >= 11 is 0. The van der Waals surface area contributed by atoms with Crippen molar-refractivity contribution in [2.24, 2.45) is 0 Å². The predicted molar refractivity (Wildman–Crippen MR) is 128 cm³/mol. The summed E-state index contributed by atoms with van der Waals surface area (Å²) in [5.41, 5.74) is 12.0. The Balaban J connectivity index is 0.00000119. The highest BCUT2D eigenvalue weighted by atomic mass is 19.1. The van der Waals surface area contributed by atoms with Crippen molar-refractivity contribution in [1.82, 2.24) is 19.5 Å². The number of nitrogen functional groups attached to an aromatic ring is 1. The molecule has 0 atom stereocenters. The summed E-state index contributed by atoms with van der Waals surface area (Å²) in [6.45, 7) is 6.04. The molecular formula is C26H24FN5. The molecule has 0 fully saturated rings. The monoisotopic (exact) mass is 425 g/mol. The maximum absolute atomic E-state index is 13.4. The Kier molecular flexibility index (Phi) is 5.94. The van der Waals surface area contributed by atoms with E-state index in [1.807, 2.05) is 73.9 Å². The minimum absolute atomic E-state index is 0.279. The van der Waals surface area contributed by atoms with Crippen LogP contribution >= 0.6 is 0 Å². The third-order valence-electron chi connectivity index (χ3n) is 5.02. The summed E-state index contributed by atoms with van der Waals surface area (Å²) in [7, 11) is 0. The van der Waals surface area contributed by atoms with Crippen molar-refractivity contribution in [2.45, 2.75) is 20.8 Å². The van der Waals surface area contributed by atoms with Gasteiger partial charge < -0.3 is 5.73 Å². The van der Waals surface area contributed by atoms with Gasteiger partial charge in [-0.2, -0.15) is 0 Å². The molecular weight excluding hydrogens is 401 g/mol. The van der Waals surface area contributed by atoms with Crippen molar-refractivity contribution in [3.63, 3.8) is 0 Å². The molecule has 0 aliphatic rings. The van der Waals surface area contributed by atoms with Gasteiger partial charge in [0.15, 0.2) is 11.5 Å². The third-order valence-corrected chi connectivity index (χ3v) is 5.02. The van der Waals surface area contributed by atoms with Crippen LogP contribution in [-0.4, -0.2) is 19.5 Å². The molecule has 5 aromatic rings. The lowest BCUT2D eigenvalue weighted by molar-refractivity contribution is 0.628. The van der Waals surface area contributed by atoms with E-state index >= 15 is 0 Å². The number of halogens is 1. The van der Waals surface area contributed by atoms with Crippen LogP contribution in [-0.2, 0) is 0 Å². The second-order valence-electron chi connectivity index (χ2n) is 7.09. The number of pyridine rings is 2. The first-order valence-electron chi connectivity index (χ1n) is 10.5. The van der Waals surface area contributed by atoms with Gasteiger partial charge in [-0.1, -0.05) is 31.5 Å². The number of hydrogen-bond acceptors (Lipinski definition) is 4. The van der Waals surface area contributed by atoms with Crippen LogP contribution in [0.2, 0.25) is 0 Å². The SMILES string of the molecule is CC.Cc1ccc(-n2c(-c3cccnc3N)nc3ccc(-c4ccc(F)cc4)nc32)cc1. The molecule has 0 bridgehead atoms. The molecule has 0 spiro atoms. The Bertz CT molecular complexity index is 1360. The van der Waals surface area contributed by atoms with E-state index in [2.05, 4.69) is 4.98 Å². The highest BCUT2D eigenvalue weighted by molar-refractivity contribution is 5.84. The average Bonchev–Trinajstić information content (AvgIpc) is 3.20. The number of aromatic nitrogens is 4. The van der Waals surface area contributed by atoms with Gasteiger partial charge in [-0.15, -0.1) is 0 Å². The van der Waals surface area contributed by atoms with Crippen LogP contribution in [0.15, 0.2) is 79.0 Å². The molecule has 5 rings (SSSR count). The second-order valence-corrected chi connectivity index (χ2v) is 7.09. The largest absolute Gasteiger partial charge is 0.383 e. The van der Waals surface area contributed by atoms with Gasteiger partial charge in [-0.25, -0.2) is 19.3 Å². The molecule has 0 unspecified atom stereocenters. The minimum Gasteiger partial charge on any atom is -0.383 e. The molecule has 6 heteroatoms. The highest BCUT2D eigenvalue weighted by Crippen LogP contribution is 2.31. The molecule has 160 valence electrons. The van der Waals surface area contributed by atoms with Gasteiger partial charge in [0, 0.05) is 17.4 Å². The summed E-state index contributed by atoms with van der Waals surface area (Å²) < 4.78 is 15.3. The molecule has 0 aliphatic heterocycles. The first kappa shape index (κ1) is 21.2. The first-order chi connectivity index (χ1) is 15.6. The fourth-order valence-corrected chi connectivity index (χ4v) is 3.46. The molecule has 3 heterocycles. The molecule has 32 heavy (non-hydrogen) atoms. The van der Waals surface area contributed by atoms with Gasteiger partial charge in [0.1, 0.15) is 17.2 Å². The molecule has 3 aromatic heterocycles. The van der Waals surface area contributed by atoms with E-state index < -0.39 is 0 Å². The van der Waals surface area contributed by atoms with Gasteiger partial charge in [-0.3, -0.25) is 4.57 Å². The maximum Gasteiger partial charge on any atom is 0.165 e. The Morgan fingerprint density at radius 2 is 1.56 bits per heavy atom. The van der Waals surface area contributed by atoms with E-state index in [1.165, 1.54) is 12.1 Å². The second kappa shape index (κ2) is 8.98. The van der Waals surface area contributed by atoms with Crippen LogP contribution in [0.25, 0.3) is 39.5 Å². The van der Waals surface area contributed by atoms with E-state index in [0.717, 1.165) is 33.6 Å². The molecule has 0 amide bonds. The van der Waals surface area contributed by atoms with Crippen LogP contribution in [0.1, 0.15) is 19.4 Å². The molecule has 0 saturated carbocycles. The van der Waals surface area contributed by atoms with E-state index in [4.69, 9.17) is 15.7 Å². The lowest BCUT2D eigenvalue weighted by Crippen LogP contribution is -2.02. The van der Waals surface area contributed by atoms with Crippen molar-refractivity contribution in [3.05, 3.63) is 90.4 Å². The zero-order valence-electron chi connectivity index (χ0n) is 18.2. The van der Waals surface area contributed by atoms with Crippen LogP contribution in [0.3, 0.4) is 0 Å². The van der Waals surface area contributed by atoms with E-state index in [-0.39, 0.29) is 5.82 Å². The Hall–Kier alpha value is -4.06. The van der Waals surface area contributed by atoms with Gasteiger partial charge >= 0.3 is 0 Å². The number of benzene rings is 2. The molecule has 2 N–H and O–H groups in total. The number of rotatable bonds is 3. The summed E-state index contributed by atoms with van der Waals surface area (Å²) in [5.74, 6) is 0.794. The normalized spacial score (nSPS) is 10.6. The van der Waals surface area contributed by atoms with Crippen molar-refractivity contribution < 1.29 is 4.39 Å². The molecule has 0 saturated heterocycles. The summed E-state index contributed by atoms with van der Waals surface area (Å²) in [5, 5.41) is 0. The molecule has 2 aromatic carbocycles. The molecule has 5 nitrogen and oxygen atoms in total. The smallest absolute Gasteiger partial charge is 0.165 e. The number of aryl methyl sites for hydroxylation is 1. The van der Waals surface area contributed by atoms with Crippen molar-refractivity contribution >= 4 is 17.0 Å². The van der Waals surface area contributed by atoms with Crippen LogP contribution in [0.4, 0.5) is 10.2 Å².